The van der Waals surface area contributed by atoms with E-state index in [0.29, 0.717) is 17.5 Å². The fraction of sp³-hybridized carbons (Fsp3) is 0. The quantitative estimate of drug-likeness (QED) is 0.159. The second-order valence-electron chi connectivity index (χ2n) is 14.6. The lowest BCUT2D eigenvalue weighted by atomic mass is 9.89. The van der Waals surface area contributed by atoms with Crippen molar-refractivity contribution < 1.29 is 0 Å². The van der Waals surface area contributed by atoms with Gasteiger partial charge in [-0.2, -0.15) is 0 Å². The summed E-state index contributed by atoms with van der Waals surface area (Å²) >= 11 is 0. The SMILES string of the molecule is c1ccc(-c2nc(-c3ccccc3)nc(-c3ccc(-c4cc(-c5cccc6ccccc56)nc5c4cc(-c4cccc6ccccc46)c4ccccc45)cc3)n2)cc1. The molecule has 58 heavy (non-hydrogen) atoms. The maximum absolute atomic E-state index is 5.52. The average molecular weight is 739 g/mol. The Morgan fingerprint density at radius 1 is 0.241 bits per heavy atom. The summed E-state index contributed by atoms with van der Waals surface area (Å²) in [5, 5.41) is 8.19. The minimum Gasteiger partial charge on any atom is -0.247 e. The van der Waals surface area contributed by atoms with Gasteiger partial charge in [0.2, 0.25) is 0 Å². The largest absolute Gasteiger partial charge is 0.247 e. The molecule has 270 valence electrons. The first-order valence-electron chi connectivity index (χ1n) is 19.6. The molecule has 0 radical (unpaired) electrons. The van der Waals surface area contributed by atoms with Crippen molar-refractivity contribution in [1.82, 2.24) is 19.9 Å². The van der Waals surface area contributed by atoms with Crippen LogP contribution in [0.5, 0.6) is 0 Å². The van der Waals surface area contributed by atoms with Gasteiger partial charge in [0.25, 0.3) is 0 Å². The summed E-state index contributed by atoms with van der Waals surface area (Å²) in [5.41, 5.74) is 10.4. The lowest BCUT2D eigenvalue weighted by Crippen LogP contribution is -2.00. The van der Waals surface area contributed by atoms with E-state index in [1.165, 1.54) is 38.1 Å². The van der Waals surface area contributed by atoms with E-state index in [0.717, 1.165) is 55.4 Å². The van der Waals surface area contributed by atoms with Crippen LogP contribution in [0.2, 0.25) is 0 Å². The number of pyridine rings is 1. The number of aromatic nitrogens is 4. The van der Waals surface area contributed by atoms with Crippen LogP contribution in [0.1, 0.15) is 0 Å². The molecule has 4 nitrogen and oxygen atoms in total. The molecular formula is C54H34N4. The van der Waals surface area contributed by atoms with Crippen LogP contribution in [0, 0.1) is 0 Å². The zero-order valence-electron chi connectivity index (χ0n) is 31.4. The number of benzene rings is 9. The maximum atomic E-state index is 5.52. The van der Waals surface area contributed by atoms with E-state index >= 15 is 0 Å². The van der Waals surface area contributed by atoms with E-state index < -0.39 is 0 Å². The van der Waals surface area contributed by atoms with Gasteiger partial charge in [-0.15, -0.1) is 0 Å². The number of rotatable bonds is 6. The summed E-state index contributed by atoms with van der Waals surface area (Å²) in [4.78, 5) is 20.4. The van der Waals surface area contributed by atoms with E-state index in [9.17, 15) is 0 Å². The molecule has 0 saturated heterocycles. The first-order valence-corrected chi connectivity index (χ1v) is 19.6. The lowest BCUT2D eigenvalue weighted by Gasteiger charge is -2.17. The molecule has 0 bridgehead atoms. The van der Waals surface area contributed by atoms with Crippen molar-refractivity contribution in [3.63, 3.8) is 0 Å². The highest BCUT2D eigenvalue weighted by Gasteiger charge is 2.19. The number of fused-ring (bicyclic) bond motifs is 5. The molecule has 0 spiro atoms. The molecule has 0 aliphatic carbocycles. The van der Waals surface area contributed by atoms with Crippen molar-refractivity contribution in [3.8, 4) is 67.7 Å². The summed E-state index contributed by atoms with van der Waals surface area (Å²) < 4.78 is 0. The van der Waals surface area contributed by atoms with Crippen LogP contribution in [-0.4, -0.2) is 19.9 Å². The smallest absolute Gasteiger partial charge is 0.164 e. The molecule has 4 heteroatoms. The Hall–Kier alpha value is -7.82. The molecule has 9 aromatic carbocycles. The Morgan fingerprint density at radius 2 is 0.690 bits per heavy atom. The van der Waals surface area contributed by atoms with E-state index in [4.69, 9.17) is 19.9 Å². The first-order chi connectivity index (χ1) is 28.7. The molecular weight excluding hydrogens is 705 g/mol. The van der Waals surface area contributed by atoms with Crippen LogP contribution in [0.15, 0.2) is 206 Å². The predicted octanol–water partition coefficient (Wildman–Crippen LogP) is 13.9. The molecule has 2 heterocycles. The molecule has 0 amide bonds. The molecule has 0 atom stereocenters. The molecule has 11 rings (SSSR count). The molecule has 0 N–H and O–H groups in total. The highest BCUT2D eigenvalue weighted by atomic mass is 15.0. The van der Waals surface area contributed by atoms with Gasteiger partial charge in [-0.25, -0.2) is 19.9 Å². The lowest BCUT2D eigenvalue weighted by molar-refractivity contribution is 1.07. The fourth-order valence-electron chi connectivity index (χ4n) is 8.30. The normalized spacial score (nSPS) is 11.4. The van der Waals surface area contributed by atoms with E-state index in [2.05, 4.69) is 146 Å². The minimum atomic E-state index is 0.625. The van der Waals surface area contributed by atoms with Crippen molar-refractivity contribution in [2.45, 2.75) is 0 Å². The Labute approximate surface area is 335 Å². The summed E-state index contributed by atoms with van der Waals surface area (Å²) in [7, 11) is 0. The molecule has 2 aromatic heterocycles. The summed E-state index contributed by atoms with van der Waals surface area (Å²) in [5.74, 6) is 1.90. The highest BCUT2D eigenvalue weighted by Crippen LogP contribution is 2.43. The van der Waals surface area contributed by atoms with Gasteiger partial charge in [-0.1, -0.05) is 194 Å². The van der Waals surface area contributed by atoms with Gasteiger partial charge in [0, 0.05) is 33.0 Å². The van der Waals surface area contributed by atoms with E-state index in [1.807, 2.05) is 60.7 Å². The minimum absolute atomic E-state index is 0.625. The van der Waals surface area contributed by atoms with Gasteiger partial charge in [0.1, 0.15) is 0 Å². The number of hydrogen-bond donors (Lipinski definition) is 0. The van der Waals surface area contributed by atoms with Gasteiger partial charge >= 0.3 is 0 Å². The molecule has 0 aliphatic heterocycles. The zero-order valence-corrected chi connectivity index (χ0v) is 31.4. The third-order valence-electron chi connectivity index (χ3n) is 11.1. The predicted molar refractivity (Wildman–Crippen MR) is 240 cm³/mol. The standard InChI is InChI=1S/C54H34N4/c1-3-17-38(18-4-1)52-56-53(39-19-5-2-6-20-39)58-54(57-52)40-31-29-37(30-32-40)47-34-50(45-28-14-22-36-16-8-10-24-42(36)45)55-51-46-26-12-11-25-44(46)48(33-49(47)51)43-27-13-21-35-15-7-9-23-41(35)43/h1-34H. The van der Waals surface area contributed by atoms with Crippen molar-refractivity contribution in [1.29, 1.82) is 0 Å². The Balaban J connectivity index is 1.14. The summed E-state index contributed by atoms with van der Waals surface area (Å²) in [6.45, 7) is 0. The number of nitrogens with zero attached hydrogens (tertiary/aromatic N) is 4. The van der Waals surface area contributed by atoms with Gasteiger partial charge in [-0.05, 0) is 61.3 Å². The van der Waals surface area contributed by atoms with Crippen LogP contribution in [-0.2, 0) is 0 Å². The van der Waals surface area contributed by atoms with Gasteiger partial charge in [-0.3, -0.25) is 0 Å². The first kappa shape index (κ1) is 33.5. The molecule has 0 fully saturated rings. The van der Waals surface area contributed by atoms with Crippen molar-refractivity contribution >= 4 is 43.2 Å². The summed E-state index contributed by atoms with van der Waals surface area (Å²) in [6.07, 6.45) is 0. The molecule has 0 unspecified atom stereocenters. The summed E-state index contributed by atoms with van der Waals surface area (Å²) in [6, 6.07) is 72.4. The third kappa shape index (κ3) is 5.87. The van der Waals surface area contributed by atoms with Crippen LogP contribution >= 0.6 is 0 Å². The fourth-order valence-corrected chi connectivity index (χ4v) is 8.30. The van der Waals surface area contributed by atoms with Gasteiger partial charge < -0.3 is 0 Å². The van der Waals surface area contributed by atoms with Crippen LogP contribution in [0.3, 0.4) is 0 Å². The van der Waals surface area contributed by atoms with Crippen molar-refractivity contribution in [2.75, 3.05) is 0 Å². The molecule has 0 aliphatic rings. The Morgan fingerprint density at radius 3 is 1.29 bits per heavy atom. The third-order valence-corrected chi connectivity index (χ3v) is 11.1. The second-order valence-corrected chi connectivity index (χ2v) is 14.6. The molecule has 0 saturated carbocycles. The van der Waals surface area contributed by atoms with Crippen molar-refractivity contribution in [3.05, 3.63) is 206 Å². The second kappa shape index (κ2) is 14.0. The molecule has 11 aromatic rings. The van der Waals surface area contributed by atoms with E-state index in [-0.39, 0.29) is 0 Å². The topological polar surface area (TPSA) is 51.6 Å². The van der Waals surface area contributed by atoms with Crippen molar-refractivity contribution in [2.24, 2.45) is 0 Å². The van der Waals surface area contributed by atoms with Crippen LogP contribution < -0.4 is 0 Å². The Kier molecular flexibility index (Phi) is 8.11. The Bertz CT molecular complexity index is 3250. The maximum Gasteiger partial charge on any atom is 0.164 e. The van der Waals surface area contributed by atoms with Gasteiger partial charge in [0.05, 0.1) is 11.2 Å². The monoisotopic (exact) mass is 738 g/mol. The number of hydrogen-bond acceptors (Lipinski definition) is 4. The van der Waals surface area contributed by atoms with Crippen LogP contribution in [0.25, 0.3) is 111 Å². The van der Waals surface area contributed by atoms with Crippen LogP contribution in [0.4, 0.5) is 0 Å². The van der Waals surface area contributed by atoms with E-state index in [1.54, 1.807) is 0 Å². The van der Waals surface area contributed by atoms with Gasteiger partial charge in [0.15, 0.2) is 17.5 Å². The zero-order chi connectivity index (χ0) is 38.4. The highest BCUT2D eigenvalue weighted by molar-refractivity contribution is 6.18. The average Bonchev–Trinajstić information content (AvgIpc) is 3.31.